The van der Waals surface area contributed by atoms with Crippen molar-refractivity contribution in [3.05, 3.63) is 65.2 Å². The van der Waals surface area contributed by atoms with Crippen LogP contribution in [-0.4, -0.2) is 0 Å². The first-order valence-corrected chi connectivity index (χ1v) is 5.14. The first kappa shape index (κ1) is 9.78. The lowest BCUT2D eigenvalue weighted by Crippen LogP contribution is -1.96. The third-order valence-corrected chi connectivity index (χ3v) is 2.54. The highest BCUT2D eigenvalue weighted by Crippen LogP contribution is 2.17. The molecule has 0 saturated heterocycles. The Balaban J connectivity index is 2.25. The van der Waals surface area contributed by atoms with Crippen molar-refractivity contribution in [2.24, 2.45) is 0 Å². The summed E-state index contributed by atoms with van der Waals surface area (Å²) in [6.07, 6.45) is 0.910. The van der Waals surface area contributed by atoms with Gasteiger partial charge >= 0.3 is 0 Å². The van der Waals surface area contributed by atoms with Crippen molar-refractivity contribution in [3.63, 3.8) is 0 Å². The Morgan fingerprint density at radius 3 is 2.40 bits per heavy atom. The van der Waals surface area contributed by atoms with Gasteiger partial charge in [0.25, 0.3) is 0 Å². The van der Waals surface area contributed by atoms with E-state index in [1.54, 1.807) is 0 Å². The van der Waals surface area contributed by atoms with Crippen LogP contribution in [0.4, 0.5) is 5.69 Å². The fourth-order valence-corrected chi connectivity index (χ4v) is 1.69. The summed E-state index contributed by atoms with van der Waals surface area (Å²) in [4.78, 5) is 0. The number of aryl methyl sites for hydroxylation is 1. The minimum Gasteiger partial charge on any atom is -0.398 e. The zero-order valence-corrected chi connectivity index (χ0v) is 8.90. The summed E-state index contributed by atoms with van der Waals surface area (Å²) in [5.74, 6) is 0. The van der Waals surface area contributed by atoms with E-state index in [0.717, 1.165) is 12.1 Å². The van der Waals surface area contributed by atoms with Gasteiger partial charge in [-0.05, 0) is 36.1 Å². The molecule has 76 valence electrons. The van der Waals surface area contributed by atoms with Crippen LogP contribution in [0, 0.1) is 6.92 Å². The summed E-state index contributed by atoms with van der Waals surface area (Å²) in [6.45, 7) is 2.06. The monoisotopic (exact) mass is 197 g/mol. The predicted octanol–water partition coefficient (Wildman–Crippen LogP) is 3.17. The molecule has 15 heavy (non-hydrogen) atoms. The van der Waals surface area contributed by atoms with Crippen LogP contribution < -0.4 is 5.73 Å². The summed E-state index contributed by atoms with van der Waals surface area (Å²) in [6, 6.07) is 16.6. The van der Waals surface area contributed by atoms with E-state index < -0.39 is 0 Å². The van der Waals surface area contributed by atoms with Gasteiger partial charge < -0.3 is 5.73 Å². The molecular weight excluding hydrogens is 182 g/mol. The number of hydrogen-bond donors (Lipinski definition) is 1. The normalized spacial score (nSPS) is 10.2. The van der Waals surface area contributed by atoms with Crippen LogP contribution in [0.25, 0.3) is 0 Å². The smallest absolute Gasteiger partial charge is 0.0352 e. The highest BCUT2D eigenvalue weighted by atomic mass is 14.6. The van der Waals surface area contributed by atoms with Crippen molar-refractivity contribution in [3.8, 4) is 0 Å². The van der Waals surface area contributed by atoms with Crippen LogP contribution in [0.2, 0.25) is 0 Å². The van der Waals surface area contributed by atoms with Gasteiger partial charge in [0.15, 0.2) is 0 Å². The molecule has 0 aliphatic carbocycles. The van der Waals surface area contributed by atoms with Gasteiger partial charge in [0.05, 0.1) is 0 Å². The van der Waals surface area contributed by atoms with Gasteiger partial charge in [-0.3, -0.25) is 0 Å². The molecule has 0 spiro atoms. The van der Waals surface area contributed by atoms with Gasteiger partial charge in [-0.25, -0.2) is 0 Å². The van der Waals surface area contributed by atoms with Gasteiger partial charge in [0.1, 0.15) is 0 Å². The lowest BCUT2D eigenvalue weighted by atomic mass is 10.0. The Hall–Kier alpha value is -1.76. The summed E-state index contributed by atoms with van der Waals surface area (Å²) in [5, 5.41) is 0. The number of hydrogen-bond acceptors (Lipinski definition) is 1. The van der Waals surface area contributed by atoms with Crippen molar-refractivity contribution >= 4 is 5.69 Å². The predicted molar refractivity (Wildman–Crippen MR) is 64.8 cm³/mol. The number of nitrogens with two attached hydrogens (primary N) is 1. The fraction of sp³-hybridized carbons (Fsp3) is 0.143. The maximum absolute atomic E-state index is 5.97. The van der Waals surface area contributed by atoms with E-state index in [1.165, 1.54) is 16.7 Å². The molecule has 0 saturated carbocycles. The minimum atomic E-state index is 0.888. The standard InChI is InChI=1S/C14H15N/c1-11-7-8-13(14(15)9-11)10-12-5-3-2-4-6-12/h2-9H,10,15H2,1H3. The first-order valence-electron chi connectivity index (χ1n) is 5.14. The van der Waals surface area contributed by atoms with E-state index in [9.17, 15) is 0 Å². The SMILES string of the molecule is Cc1ccc(Cc2ccccc2)c(N)c1. The Morgan fingerprint density at radius 2 is 1.73 bits per heavy atom. The number of benzene rings is 2. The second kappa shape index (κ2) is 4.18. The van der Waals surface area contributed by atoms with E-state index in [-0.39, 0.29) is 0 Å². The van der Waals surface area contributed by atoms with E-state index in [2.05, 4.69) is 43.3 Å². The number of rotatable bonds is 2. The first-order chi connectivity index (χ1) is 7.25. The third-order valence-electron chi connectivity index (χ3n) is 2.54. The summed E-state index contributed by atoms with van der Waals surface area (Å²) < 4.78 is 0. The van der Waals surface area contributed by atoms with Gasteiger partial charge in [0, 0.05) is 5.69 Å². The lowest BCUT2D eigenvalue weighted by Gasteiger charge is -2.06. The molecule has 1 heteroatoms. The summed E-state index contributed by atoms with van der Waals surface area (Å²) in [5.41, 5.74) is 10.6. The maximum atomic E-state index is 5.97. The van der Waals surface area contributed by atoms with Crippen molar-refractivity contribution in [2.45, 2.75) is 13.3 Å². The second-order valence-corrected chi connectivity index (χ2v) is 3.86. The van der Waals surface area contributed by atoms with Crippen molar-refractivity contribution in [1.29, 1.82) is 0 Å². The minimum absolute atomic E-state index is 0.888. The molecule has 0 aliphatic rings. The van der Waals surface area contributed by atoms with Gasteiger partial charge in [-0.15, -0.1) is 0 Å². The van der Waals surface area contributed by atoms with Crippen LogP contribution in [0.3, 0.4) is 0 Å². The van der Waals surface area contributed by atoms with Crippen LogP contribution in [0.1, 0.15) is 16.7 Å². The lowest BCUT2D eigenvalue weighted by molar-refractivity contribution is 1.19. The molecule has 0 atom stereocenters. The second-order valence-electron chi connectivity index (χ2n) is 3.86. The van der Waals surface area contributed by atoms with Crippen molar-refractivity contribution in [2.75, 3.05) is 5.73 Å². The zero-order valence-electron chi connectivity index (χ0n) is 8.90. The van der Waals surface area contributed by atoms with Crippen LogP contribution in [0.15, 0.2) is 48.5 Å². The molecule has 0 fully saturated rings. The molecule has 2 N–H and O–H groups in total. The molecule has 0 aromatic heterocycles. The Labute approximate surface area is 90.6 Å². The molecule has 2 aromatic rings. The molecule has 1 nitrogen and oxygen atoms in total. The van der Waals surface area contributed by atoms with Gasteiger partial charge in [0.2, 0.25) is 0 Å². The van der Waals surface area contributed by atoms with Crippen molar-refractivity contribution < 1.29 is 0 Å². The molecule has 0 heterocycles. The highest BCUT2D eigenvalue weighted by molar-refractivity contribution is 5.50. The quantitative estimate of drug-likeness (QED) is 0.735. The van der Waals surface area contributed by atoms with Crippen molar-refractivity contribution in [1.82, 2.24) is 0 Å². The fourth-order valence-electron chi connectivity index (χ4n) is 1.69. The molecule has 2 rings (SSSR count). The molecule has 0 bridgehead atoms. The average molecular weight is 197 g/mol. The topological polar surface area (TPSA) is 26.0 Å². The van der Waals surface area contributed by atoms with E-state index >= 15 is 0 Å². The summed E-state index contributed by atoms with van der Waals surface area (Å²) in [7, 11) is 0. The van der Waals surface area contributed by atoms with Crippen LogP contribution in [0.5, 0.6) is 0 Å². The Morgan fingerprint density at radius 1 is 1.00 bits per heavy atom. The van der Waals surface area contributed by atoms with E-state index in [0.29, 0.717) is 0 Å². The zero-order chi connectivity index (χ0) is 10.7. The molecular formula is C14H15N. The molecule has 0 unspecified atom stereocenters. The summed E-state index contributed by atoms with van der Waals surface area (Å²) >= 11 is 0. The van der Waals surface area contributed by atoms with Gasteiger partial charge in [-0.2, -0.15) is 0 Å². The Bertz CT molecular complexity index is 446. The van der Waals surface area contributed by atoms with E-state index in [4.69, 9.17) is 5.73 Å². The average Bonchev–Trinajstić information content (AvgIpc) is 2.24. The highest BCUT2D eigenvalue weighted by Gasteiger charge is 2.00. The third kappa shape index (κ3) is 2.38. The van der Waals surface area contributed by atoms with Gasteiger partial charge in [-0.1, -0.05) is 42.5 Å². The van der Waals surface area contributed by atoms with Crippen LogP contribution >= 0.6 is 0 Å². The molecule has 0 amide bonds. The molecule has 2 aromatic carbocycles. The molecule has 0 radical (unpaired) electrons. The largest absolute Gasteiger partial charge is 0.398 e. The van der Waals surface area contributed by atoms with E-state index in [1.807, 2.05) is 12.1 Å². The Kier molecular flexibility index (Phi) is 2.72. The number of anilines is 1. The van der Waals surface area contributed by atoms with Crippen LogP contribution in [-0.2, 0) is 6.42 Å². The maximum Gasteiger partial charge on any atom is 0.0352 e. The number of nitrogen functional groups attached to an aromatic ring is 1. The molecule has 0 aliphatic heterocycles.